The quantitative estimate of drug-likeness (QED) is 0.719. The highest BCUT2D eigenvalue weighted by Crippen LogP contribution is 2.46. The van der Waals surface area contributed by atoms with E-state index < -0.39 is 0 Å². The maximum atomic E-state index is 13.1. The molecule has 0 bridgehead atoms. The second-order valence-corrected chi connectivity index (χ2v) is 7.98. The van der Waals surface area contributed by atoms with Crippen LogP contribution in [0.3, 0.4) is 0 Å². The number of hydrogen-bond acceptors (Lipinski definition) is 3. The van der Waals surface area contributed by atoms with Crippen molar-refractivity contribution in [3.8, 4) is 0 Å². The topological polar surface area (TPSA) is 35.9 Å². The molecule has 4 rings (SSSR count). The zero-order valence-electron chi connectivity index (χ0n) is 16.8. The molecule has 0 radical (unpaired) electrons. The Morgan fingerprint density at radius 1 is 1.26 bits per heavy atom. The van der Waals surface area contributed by atoms with Crippen molar-refractivity contribution in [3.63, 3.8) is 0 Å². The van der Waals surface area contributed by atoms with Gasteiger partial charge < -0.3 is 4.90 Å². The number of hydrogen-bond donors (Lipinski definition) is 0. The van der Waals surface area contributed by atoms with Crippen molar-refractivity contribution in [2.75, 3.05) is 26.2 Å². The number of fused-ring (bicyclic) bond motifs is 2. The number of unbranched alkanes of at least 4 members (excludes halogenated alkanes) is 1. The van der Waals surface area contributed by atoms with Gasteiger partial charge >= 0.3 is 0 Å². The molecule has 4 heteroatoms. The molecule has 3 atom stereocenters. The molecule has 1 saturated carbocycles. The highest BCUT2D eigenvalue weighted by Gasteiger charge is 2.44. The summed E-state index contributed by atoms with van der Waals surface area (Å²) in [5.41, 5.74) is 5.36. The van der Waals surface area contributed by atoms with Gasteiger partial charge in [0.1, 0.15) is 0 Å². The number of amides is 1. The molecule has 0 saturated heterocycles. The van der Waals surface area contributed by atoms with Crippen LogP contribution in [0.15, 0.2) is 52.2 Å². The smallest absolute Gasteiger partial charge is 0.230 e. The summed E-state index contributed by atoms with van der Waals surface area (Å²) in [6.07, 6.45) is 14.3. The first-order valence-electron chi connectivity index (χ1n) is 10.6. The van der Waals surface area contributed by atoms with Crippen LogP contribution in [0.5, 0.6) is 0 Å². The van der Waals surface area contributed by atoms with Crippen molar-refractivity contribution in [2.24, 2.45) is 16.8 Å². The van der Waals surface area contributed by atoms with Crippen LogP contribution < -0.4 is 0 Å². The lowest BCUT2D eigenvalue weighted by Crippen LogP contribution is -2.51. The van der Waals surface area contributed by atoms with Crippen molar-refractivity contribution in [1.82, 2.24) is 9.80 Å². The van der Waals surface area contributed by atoms with E-state index in [1.54, 1.807) is 0 Å². The molecule has 27 heavy (non-hydrogen) atoms. The summed E-state index contributed by atoms with van der Waals surface area (Å²) >= 11 is 0. The Kier molecular flexibility index (Phi) is 5.18. The number of carbonyl (C=O) groups excluding carboxylic acids is 1. The average Bonchev–Trinajstić information content (AvgIpc) is 3.11. The SMILES string of the molecule is CCCCN1C[C@H](C(=O)N(CC)CC)C=C2C3=CC=CC4=NC=C(C[C@H]21)C34. The van der Waals surface area contributed by atoms with E-state index in [4.69, 9.17) is 0 Å². The first-order valence-corrected chi connectivity index (χ1v) is 10.6. The minimum atomic E-state index is -0.0351. The molecule has 0 spiro atoms. The zero-order chi connectivity index (χ0) is 19.0. The molecule has 4 aliphatic rings. The van der Waals surface area contributed by atoms with E-state index in [0.717, 1.165) is 32.6 Å². The first-order chi connectivity index (χ1) is 13.2. The molecule has 144 valence electrons. The molecule has 0 aromatic heterocycles. The Labute approximate surface area is 163 Å². The van der Waals surface area contributed by atoms with E-state index in [0.29, 0.717) is 12.0 Å². The Bertz CT molecular complexity index is 766. The summed E-state index contributed by atoms with van der Waals surface area (Å²) in [7, 11) is 0. The monoisotopic (exact) mass is 365 g/mol. The van der Waals surface area contributed by atoms with Gasteiger partial charge in [-0.25, -0.2) is 0 Å². The minimum absolute atomic E-state index is 0.0351. The van der Waals surface area contributed by atoms with E-state index in [2.05, 4.69) is 61.2 Å². The molecule has 1 fully saturated rings. The largest absolute Gasteiger partial charge is 0.343 e. The lowest BCUT2D eigenvalue weighted by molar-refractivity contribution is -0.134. The Morgan fingerprint density at radius 3 is 2.81 bits per heavy atom. The van der Waals surface area contributed by atoms with Crippen LogP contribution in [0.4, 0.5) is 0 Å². The van der Waals surface area contributed by atoms with E-state index in [-0.39, 0.29) is 11.8 Å². The maximum absolute atomic E-state index is 13.1. The van der Waals surface area contributed by atoms with E-state index in [1.165, 1.54) is 35.3 Å². The second kappa shape index (κ2) is 7.59. The fourth-order valence-corrected chi connectivity index (χ4v) is 5.01. The number of rotatable bonds is 6. The molecule has 2 aliphatic carbocycles. The molecule has 1 amide bonds. The van der Waals surface area contributed by atoms with Gasteiger partial charge in [-0.1, -0.05) is 31.6 Å². The van der Waals surface area contributed by atoms with Crippen LogP contribution in [0, 0.1) is 11.8 Å². The Balaban J connectivity index is 1.71. The van der Waals surface area contributed by atoms with Crippen LogP contribution in [0.25, 0.3) is 0 Å². The molecule has 0 aromatic rings. The van der Waals surface area contributed by atoms with E-state index in [1.807, 2.05) is 4.90 Å². The molecule has 2 aliphatic heterocycles. The van der Waals surface area contributed by atoms with Gasteiger partial charge in [-0.05, 0) is 56.0 Å². The summed E-state index contributed by atoms with van der Waals surface area (Å²) in [6, 6.07) is 0.395. The summed E-state index contributed by atoms with van der Waals surface area (Å²) in [6.45, 7) is 9.86. The van der Waals surface area contributed by atoms with Crippen molar-refractivity contribution in [2.45, 2.75) is 46.1 Å². The van der Waals surface area contributed by atoms with E-state index >= 15 is 0 Å². The molecule has 4 nitrogen and oxygen atoms in total. The molecule has 0 N–H and O–H groups in total. The van der Waals surface area contributed by atoms with Crippen LogP contribution in [-0.4, -0.2) is 53.6 Å². The zero-order valence-corrected chi connectivity index (χ0v) is 16.8. The maximum Gasteiger partial charge on any atom is 0.230 e. The van der Waals surface area contributed by atoms with Crippen molar-refractivity contribution < 1.29 is 4.79 Å². The number of aliphatic imine (C=N–C) groups is 1. The van der Waals surface area contributed by atoms with Gasteiger partial charge in [0.15, 0.2) is 0 Å². The lowest BCUT2D eigenvalue weighted by atomic mass is 9.69. The minimum Gasteiger partial charge on any atom is -0.343 e. The van der Waals surface area contributed by atoms with Crippen molar-refractivity contribution >= 4 is 11.6 Å². The third-order valence-corrected chi connectivity index (χ3v) is 6.47. The van der Waals surface area contributed by atoms with Gasteiger partial charge in [0, 0.05) is 37.8 Å². The van der Waals surface area contributed by atoms with Gasteiger partial charge in [0.05, 0.1) is 11.6 Å². The molecule has 0 aromatic carbocycles. The summed E-state index contributed by atoms with van der Waals surface area (Å²) in [4.78, 5) is 22.3. The van der Waals surface area contributed by atoms with Crippen LogP contribution in [0.2, 0.25) is 0 Å². The fraction of sp³-hybridized carbons (Fsp3) is 0.565. The fourth-order valence-electron chi connectivity index (χ4n) is 5.01. The van der Waals surface area contributed by atoms with Crippen LogP contribution in [-0.2, 0) is 4.79 Å². The first kappa shape index (κ1) is 18.4. The third kappa shape index (κ3) is 3.14. The summed E-state index contributed by atoms with van der Waals surface area (Å²) in [5.74, 6) is 0.570. The van der Waals surface area contributed by atoms with Gasteiger partial charge in [-0.3, -0.25) is 14.7 Å². The molecular formula is C23H31N3O. The van der Waals surface area contributed by atoms with Gasteiger partial charge in [-0.2, -0.15) is 0 Å². The number of allylic oxidation sites excluding steroid dienone is 3. The predicted molar refractivity (Wildman–Crippen MR) is 111 cm³/mol. The predicted octanol–water partition coefficient (Wildman–Crippen LogP) is 3.74. The Morgan fingerprint density at radius 2 is 2.07 bits per heavy atom. The van der Waals surface area contributed by atoms with Crippen LogP contribution in [0.1, 0.15) is 40.0 Å². The van der Waals surface area contributed by atoms with Crippen LogP contribution >= 0.6 is 0 Å². The normalized spacial score (nSPS) is 28.6. The van der Waals surface area contributed by atoms with E-state index in [9.17, 15) is 4.79 Å². The highest BCUT2D eigenvalue weighted by molar-refractivity contribution is 6.05. The third-order valence-electron chi connectivity index (χ3n) is 6.47. The molecule has 2 heterocycles. The highest BCUT2D eigenvalue weighted by atomic mass is 16.2. The summed E-state index contributed by atoms with van der Waals surface area (Å²) in [5, 5.41) is 0. The van der Waals surface area contributed by atoms with Crippen molar-refractivity contribution in [1.29, 1.82) is 0 Å². The number of carbonyl (C=O) groups is 1. The number of nitrogens with zero attached hydrogens (tertiary/aromatic N) is 3. The van der Waals surface area contributed by atoms with Crippen molar-refractivity contribution in [3.05, 3.63) is 47.2 Å². The standard InChI is InChI=1S/C23H31N3O/c1-4-7-11-26-15-17(23(27)25(5-2)6-3)12-19-18-9-8-10-20-22(18)16(14-24-20)13-21(19)26/h8-10,12,14,17,21-22H,4-7,11,13,15H2,1-3H3/t17-,21-,22?/m1/s1. The lowest BCUT2D eigenvalue weighted by Gasteiger charge is -2.46. The second-order valence-electron chi connectivity index (χ2n) is 7.98. The van der Waals surface area contributed by atoms with Gasteiger partial charge in [0.2, 0.25) is 5.91 Å². The van der Waals surface area contributed by atoms with Gasteiger partial charge in [0.25, 0.3) is 0 Å². The molecular weight excluding hydrogens is 334 g/mol. The van der Waals surface area contributed by atoms with Gasteiger partial charge in [-0.15, -0.1) is 0 Å². The average molecular weight is 366 g/mol. The Hall–Kier alpha value is -1.94. The molecule has 1 unspecified atom stereocenters. The summed E-state index contributed by atoms with van der Waals surface area (Å²) < 4.78 is 0.